The lowest BCUT2D eigenvalue weighted by atomic mass is 9.81. The molecular weight excluding hydrogens is 306 g/mol. The number of likely N-dealkylation sites (N-methyl/N-ethyl adjacent to an activating group) is 1. The standard InChI is InChI=1S/C18H25N3OS/c1-20(18(14-19)9-3-2-4-10-18)17(22)13-21-11-5-7-15(21)16-8-6-12-23-16/h6,8,12,15H,2-5,7,9-11,13H2,1H3/t15-/m1/s1. The van der Waals surface area contributed by atoms with Gasteiger partial charge in [0.25, 0.3) is 0 Å². The molecule has 1 saturated carbocycles. The predicted molar refractivity (Wildman–Crippen MR) is 92.1 cm³/mol. The van der Waals surface area contributed by atoms with Crippen molar-refractivity contribution < 1.29 is 4.79 Å². The molecule has 2 aliphatic rings. The molecule has 1 atom stereocenters. The van der Waals surface area contributed by atoms with E-state index < -0.39 is 5.54 Å². The third kappa shape index (κ3) is 3.29. The van der Waals surface area contributed by atoms with Crippen molar-refractivity contribution in [3.05, 3.63) is 22.4 Å². The van der Waals surface area contributed by atoms with Crippen LogP contribution in [0.1, 0.15) is 55.9 Å². The van der Waals surface area contributed by atoms with Crippen LogP contribution in [0.5, 0.6) is 0 Å². The second-order valence-electron chi connectivity index (χ2n) is 6.80. The van der Waals surface area contributed by atoms with E-state index in [1.54, 1.807) is 16.2 Å². The highest BCUT2D eigenvalue weighted by atomic mass is 32.1. The minimum atomic E-state index is -0.576. The zero-order valence-corrected chi connectivity index (χ0v) is 14.6. The summed E-state index contributed by atoms with van der Waals surface area (Å²) >= 11 is 1.77. The van der Waals surface area contributed by atoms with Crippen molar-refractivity contribution in [1.29, 1.82) is 5.26 Å². The predicted octanol–water partition coefficient (Wildman–Crippen LogP) is 3.57. The van der Waals surface area contributed by atoms with E-state index in [9.17, 15) is 10.1 Å². The molecule has 1 aliphatic carbocycles. The van der Waals surface area contributed by atoms with Gasteiger partial charge in [-0.05, 0) is 43.7 Å². The molecule has 0 spiro atoms. The molecule has 23 heavy (non-hydrogen) atoms. The Morgan fingerprint density at radius 3 is 2.87 bits per heavy atom. The van der Waals surface area contributed by atoms with E-state index in [4.69, 9.17) is 0 Å². The molecular formula is C18H25N3OS. The van der Waals surface area contributed by atoms with Crippen molar-refractivity contribution in [3.8, 4) is 6.07 Å². The Morgan fingerprint density at radius 1 is 1.43 bits per heavy atom. The van der Waals surface area contributed by atoms with Crippen molar-refractivity contribution in [1.82, 2.24) is 9.80 Å². The summed E-state index contributed by atoms with van der Waals surface area (Å²) < 4.78 is 0. The molecule has 0 radical (unpaired) electrons. The molecule has 1 aromatic heterocycles. The highest BCUT2D eigenvalue weighted by molar-refractivity contribution is 7.10. The zero-order chi connectivity index (χ0) is 16.3. The molecule has 1 aromatic rings. The van der Waals surface area contributed by atoms with E-state index >= 15 is 0 Å². The van der Waals surface area contributed by atoms with Crippen molar-refractivity contribution >= 4 is 17.2 Å². The van der Waals surface area contributed by atoms with Crippen LogP contribution < -0.4 is 0 Å². The average molecular weight is 331 g/mol. The fourth-order valence-electron chi connectivity index (χ4n) is 4.00. The smallest absolute Gasteiger partial charge is 0.237 e. The summed E-state index contributed by atoms with van der Waals surface area (Å²) in [7, 11) is 1.83. The van der Waals surface area contributed by atoms with Crippen LogP contribution >= 0.6 is 11.3 Å². The Morgan fingerprint density at radius 2 is 2.22 bits per heavy atom. The third-order valence-corrected chi connectivity index (χ3v) is 6.45. The molecule has 1 amide bonds. The quantitative estimate of drug-likeness (QED) is 0.847. The van der Waals surface area contributed by atoms with Gasteiger partial charge in [0, 0.05) is 18.0 Å². The molecule has 3 rings (SSSR count). The number of amides is 1. The summed E-state index contributed by atoms with van der Waals surface area (Å²) in [6, 6.07) is 7.07. The van der Waals surface area contributed by atoms with Crippen LogP contribution in [0.2, 0.25) is 0 Å². The van der Waals surface area contributed by atoms with Crippen molar-refractivity contribution in [2.75, 3.05) is 20.1 Å². The number of thiophene rings is 1. The Balaban J connectivity index is 1.67. The number of likely N-dealkylation sites (tertiary alicyclic amines) is 1. The lowest BCUT2D eigenvalue weighted by molar-refractivity contribution is -0.136. The van der Waals surface area contributed by atoms with Crippen molar-refractivity contribution in [3.63, 3.8) is 0 Å². The van der Waals surface area contributed by atoms with Gasteiger partial charge in [0.2, 0.25) is 5.91 Å². The number of carbonyl (C=O) groups is 1. The van der Waals surface area contributed by atoms with Crippen LogP contribution in [0.4, 0.5) is 0 Å². The lowest BCUT2D eigenvalue weighted by Gasteiger charge is -2.40. The second-order valence-corrected chi connectivity index (χ2v) is 7.78. The molecule has 1 aliphatic heterocycles. The summed E-state index contributed by atoms with van der Waals surface area (Å²) in [4.78, 5) is 18.2. The summed E-state index contributed by atoms with van der Waals surface area (Å²) in [5, 5.41) is 11.8. The number of nitriles is 1. The normalized spacial score (nSPS) is 24.3. The minimum absolute atomic E-state index is 0.0944. The number of hydrogen-bond acceptors (Lipinski definition) is 4. The van der Waals surface area contributed by atoms with Gasteiger partial charge in [-0.1, -0.05) is 25.3 Å². The largest absolute Gasteiger partial charge is 0.326 e. The van der Waals surface area contributed by atoms with Gasteiger partial charge >= 0.3 is 0 Å². The van der Waals surface area contributed by atoms with E-state index in [0.29, 0.717) is 12.6 Å². The molecule has 4 nitrogen and oxygen atoms in total. The van der Waals surface area contributed by atoms with E-state index in [1.165, 1.54) is 11.3 Å². The zero-order valence-electron chi connectivity index (χ0n) is 13.8. The minimum Gasteiger partial charge on any atom is -0.326 e. The lowest BCUT2D eigenvalue weighted by Crippen LogP contribution is -2.52. The molecule has 0 aromatic carbocycles. The van der Waals surface area contributed by atoms with Crippen LogP contribution in [0.15, 0.2) is 17.5 Å². The monoisotopic (exact) mass is 331 g/mol. The highest BCUT2D eigenvalue weighted by Gasteiger charge is 2.40. The SMILES string of the molecule is CN(C(=O)CN1CCC[C@@H]1c1cccs1)C1(C#N)CCCCC1. The molecule has 5 heteroatoms. The molecule has 0 N–H and O–H groups in total. The van der Waals surface area contributed by atoms with E-state index in [-0.39, 0.29) is 5.91 Å². The Bertz CT molecular complexity index is 572. The van der Waals surface area contributed by atoms with Gasteiger partial charge in [0.1, 0.15) is 5.54 Å². The molecule has 2 fully saturated rings. The topological polar surface area (TPSA) is 47.3 Å². The van der Waals surface area contributed by atoms with Crippen molar-refractivity contribution in [2.24, 2.45) is 0 Å². The van der Waals surface area contributed by atoms with Crippen LogP contribution in [-0.4, -0.2) is 41.4 Å². The highest BCUT2D eigenvalue weighted by Crippen LogP contribution is 2.36. The first kappa shape index (κ1) is 16.5. The molecule has 2 heterocycles. The number of hydrogen-bond donors (Lipinski definition) is 0. The third-order valence-electron chi connectivity index (χ3n) is 5.48. The van der Waals surface area contributed by atoms with E-state index in [2.05, 4.69) is 28.5 Å². The van der Waals surface area contributed by atoms with E-state index in [0.717, 1.165) is 45.1 Å². The number of nitrogens with zero attached hydrogens (tertiary/aromatic N) is 3. The fourth-order valence-corrected chi connectivity index (χ4v) is 4.89. The van der Waals surface area contributed by atoms with E-state index in [1.807, 2.05) is 7.05 Å². The van der Waals surface area contributed by atoms with Gasteiger partial charge in [0.15, 0.2) is 0 Å². The van der Waals surface area contributed by atoms with Crippen LogP contribution in [0.3, 0.4) is 0 Å². The fraction of sp³-hybridized carbons (Fsp3) is 0.667. The molecule has 124 valence electrons. The van der Waals surface area contributed by atoms with Crippen LogP contribution in [-0.2, 0) is 4.79 Å². The Labute approximate surface area is 142 Å². The van der Waals surface area contributed by atoms with Crippen LogP contribution in [0.25, 0.3) is 0 Å². The molecule has 1 saturated heterocycles. The van der Waals surface area contributed by atoms with Gasteiger partial charge in [-0.2, -0.15) is 5.26 Å². The Hall–Kier alpha value is -1.38. The second kappa shape index (κ2) is 7.02. The maximum absolute atomic E-state index is 12.8. The first-order valence-electron chi connectivity index (χ1n) is 8.62. The van der Waals surface area contributed by atoms with Crippen LogP contribution in [0, 0.1) is 11.3 Å². The average Bonchev–Trinajstić information content (AvgIpc) is 3.25. The first-order chi connectivity index (χ1) is 11.2. The van der Waals surface area contributed by atoms with Gasteiger partial charge < -0.3 is 4.90 Å². The summed E-state index contributed by atoms with van der Waals surface area (Å²) in [5.41, 5.74) is -0.576. The number of carbonyl (C=O) groups excluding carboxylic acids is 1. The van der Waals surface area contributed by atoms with Gasteiger partial charge in [-0.15, -0.1) is 11.3 Å². The molecule has 0 unspecified atom stereocenters. The first-order valence-corrected chi connectivity index (χ1v) is 9.50. The maximum Gasteiger partial charge on any atom is 0.237 e. The van der Waals surface area contributed by atoms with Gasteiger partial charge in [0.05, 0.1) is 12.6 Å². The maximum atomic E-state index is 12.8. The molecule has 0 bridgehead atoms. The summed E-state index contributed by atoms with van der Waals surface area (Å²) in [6.07, 6.45) is 7.18. The summed E-state index contributed by atoms with van der Waals surface area (Å²) in [6.45, 7) is 1.41. The number of rotatable bonds is 4. The van der Waals surface area contributed by atoms with Crippen molar-refractivity contribution in [2.45, 2.75) is 56.5 Å². The summed E-state index contributed by atoms with van der Waals surface area (Å²) in [5.74, 6) is 0.0944. The van der Waals surface area contributed by atoms with Gasteiger partial charge in [-0.3, -0.25) is 9.69 Å². The van der Waals surface area contributed by atoms with Gasteiger partial charge in [-0.25, -0.2) is 0 Å². The Kier molecular flexibility index (Phi) is 5.03.